The Hall–Kier alpha value is -1.36. The predicted octanol–water partition coefficient (Wildman–Crippen LogP) is 3.84. The fourth-order valence-corrected chi connectivity index (χ4v) is 4.98. The standard InChI is InChI=1S/C20H30N2O2S/c1-4-20(2,3)17-6-5-11-22(17)19(24)8-7-18(23)21-12-9-16-15(14-21)10-13-25-16/h10,13,17H,4-9,11-12,14H2,1-3H3. The molecule has 25 heavy (non-hydrogen) atoms. The number of nitrogens with zero attached hydrogens (tertiary/aromatic N) is 2. The predicted molar refractivity (Wildman–Crippen MR) is 101 cm³/mol. The summed E-state index contributed by atoms with van der Waals surface area (Å²) in [4.78, 5) is 30.6. The minimum Gasteiger partial charge on any atom is -0.339 e. The normalized spacial score (nSPS) is 20.7. The van der Waals surface area contributed by atoms with Crippen molar-refractivity contribution < 1.29 is 9.59 Å². The van der Waals surface area contributed by atoms with Crippen LogP contribution in [0.5, 0.6) is 0 Å². The van der Waals surface area contributed by atoms with Gasteiger partial charge in [0.15, 0.2) is 0 Å². The number of thiophene rings is 1. The first-order valence-electron chi connectivity index (χ1n) is 9.55. The molecule has 3 heterocycles. The minimum absolute atomic E-state index is 0.121. The van der Waals surface area contributed by atoms with Crippen LogP contribution in [-0.2, 0) is 22.6 Å². The van der Waals surface area contributed by atoms with Gasteiger partial charge in [-0.1, -0.05) is 20.8 Å². The molecular weight excluding hydrogens is 332 g/mol. The van der Waals surface area contributed by atoms with Gasteiger partial charge >= 0.3 is 0 Å². The summed E-state index contributed by atoms with van der Waals surface area (Å²) < 4.78 is 0. The van der Waals surface area contributed by atoms with E-state index in [2.05, 4.69) is 32.2 Å². The Morgan fingerprint density at radius 3 is 2.76 bits per heavy atom. The number of carbonyl (C=O) groups is 2. The highest BCUT2D eigenvalue weighted by molar-refractivity contribution is 7.10. The van der Waals surface area contributed by atoms with Gasteiger partial charge in [-0.3, -0.25) is 9.59 Å². The molecule has 138 valence electrons. The zero-order valence-corrected chi connectivity index (χ0v) is 16.5. The van der Waals surface area contributed by atoms with Crippen molar-refractivity contribution in [3.63, 3.8) is 0 Å². The third-order valence-electron chi connectivity index (χ3n) is 6.10. The summed E-state index contributed by atoms with van der Waals surface area (Å²) in [5, 5.41) is 2.10. The maximum absolute atomic E-state index is 12.7. The lowest BCUT2D eigenvalue weighted by Crippen LogP contribution is -2.44. The molecule has 0 bridgehead atoms. The van der Waals surface area contributed by atoms with E-state index in [1.165, 1.54) is 10.4 Å². The van der Waals surface area contributed by atoms with Gasteiger partial charge in [0.05, 0.1) is 0 Å². The number of hydrogen-bond acceptors (Lipinski definition) is 3. The van der Waals surface area contributed by atoms with Crippen molar-refractivity contribution in [3.05, 3.63) is 21.9 Å². The molecule has 1 aromatic heterocycles. The largest absolute Gasteiger partial charge is 0.339 e. The van der Waals surface area contributed by atoms with Crippen LogP contribution >= 0.6 is 11.3 Å². The fraction of sp³-hybridized carbons (Fsp3) is 0.700. The van der Waals surface area contributed by atoms with Crippen molar-refractivity contribution in [1.29, 1.82) is 0 Å². The van der Waals surface area contributed by atoms with Gasteiger partial charge < -0.3 is 9.80 Å². The molecule has 0 spiro atoms. The van der Waals surface area contributed by atoms with E-state index in [1.807, 2.05) is 9.80 Å². The smallest absolute Gasteiger partial charge is 0.223 e. The molecule has 3 rings (SSSR count). The van der Waals surface area contributed by atoms with Crippen LogP contribution in [0.4, 0.5) is 0 Å². The summed E-state index contributed by atoms with van der Waals surface area (Å²) >= 11 is 1.78. The summed E-state index contributed by atoms with van der Waals surface area (Å²) in [5.41, 5.74) is 1.43. The average molecular weight is 363 g/mol. The average Bonchev–Trinajstić information content (AvgIpc) is 3.27. The van der Waals surface area contributed by atoms with Gasteiger partial charge in [0.25, 0.3) is 0 Å². The van der Waals surface area contributed by atoms with Crippen LogP contribution in [-0.4, -0.2) is 40.7 Å². The van der Waals surface area contributed by atoms with Crippen molar-refractivity contribution in [3.8, 4) is 0 Å². The molecule has 2 aliphatic rings. The van der Waals surface area contributed by atoms with Crippen molar-refractivity contribution in [1.82, 2.24) is 9.80 Å². The minimum atomic E-state index is 0.121. The molecule has 1 atom stereocenters. The Balaban J connectivity index is 1.53. The molecule has 4 nitrogen and oxygen atoms in total. The van der Waals surface area contributed by atoms with E-state index >= 15 is 0 Å². The van der Waals surface area contributed by atoms with E-state index in [0.717, 1.165) is 38.8 Å². The maximum Gasteiger partial charge on any atom is 0.223 e. The first-order chi connectivity index (χ1) is 11.9. The molecule has 5 heteroatoms. The van der Waals surface area contributed by atoms with Crippen LogP contribution < -0.4 is 0 Å². The van der Waals surface area contributed by atoms with E-state index in [9.17, 15) is 9.59 Å². The summed E-state index contributed by atoms with van der Waals surface area (Å²) in [5.74, 6) is 0.279. The monoisotopic (exact) mass is 362 g/mol. The van der Waals surface area contributed by atoms with Crippen LogP contribution in [0.1, 0.15) is 63.3 Å². The second-order valence-electron chi connectivity index (χ2n) is 8.02. The van der Waals surface area contributed by atoms with Crippen LogP contribution in [0.15, 0.2) is 11.4 Å². The number of rotatable bonds is 5. The molecule has 0 radical (unpaired) electrons. The summed E-state index contributed by atoms with van der Waals surface area (Å²) in [6, 6.07) is 2.44. The van der Waals surface area contributed by atoms with Crippen molar-refractivity contribution in [2.75, 3.05) is 13.1 Å². The Morgan fingerprint density at radius 1 is 1.24 bits per heavy atom. The summed E-state index contributed by atoms with van der Waals surface area (Å²) in [6.45, 7) is 9.04. The molecule has 0 N–H and O–H groups in total. The lowest BCUT2D eigenvalue weighted by Gasteiger charge is -2.37. The number of likely N-dealkylation sites (tertiary alicyclic amines) is 1. The van der Waals surface area contributed by atoms with Crippen LogP contribution in [0.25, 0.3) is 0 Å². The topological polar surface area (TPSA) is 40.6 Å². The highest BCUT2D eigenvalue weighted by Crippen LogP contribution is 2.36. The molecule has 2 amide bonds. The van der Waals surface area contributed by atoms with Crippen LogP contribution in [0, 0.1) is 5.41 Å². The van der Waals surface area contributed by atoms with Gasteiger partial charge in [-0.05, 0) is 48.1 Å². The zero-order valence-electron chi connectivity index (χ0n) is 15.7. The fourth-order valence-electron chi connectivity index (χ4n) is 4.09. The van der Waals surface area contributed by atoms with Gasteiger partial charge in [-0.15, -0.1) is 11.3 Å². The second kappa shape index (κ2) is 7.48. The SMILES string of the molecule is CCC(C)(C)C1CCCN1C(=O)CCC(=O)N1CCc2sccc2C1. The van der Waals surface area contributed by atoms with E-state index in [0.29, 0.717) is 25.4 Å². The Morgan fingerprint density at radius 2 is 2.00 bits per heavy atom. The first-order valence-corrected chi connectivity index (χ1v) is 10.4. The van der Waals surface area contributed by atoms with Crippen LogP contribution in [0.3, 0.4) is 0 Å². The zero-order chi connectivity index (χ0) is 18.0. The molecule has 0 aliphatic carbocycles. The molecule has 1 unspecified atom stereocenters. The Bertz CT molecular complexity index is 637. The molecule has 1 aromatic rings. The highest BCUT2D eigenvalue weighted by Gasteiger charge is 2.38. The lowest BCUT2D eigenvalue weighted by atomic mass is 9.80. The van der Waals surface area contributed by atoms with E-state index in [4.69, 9.17) is 0 Å². The molecular formula is C20H30N2O2S. The number of carbonyl (C=O) groups excluding carboxylic acids is 2. The van der Waals surface area contributed by atoms with Crippen molar-refractivity contribution in [2.24, 2.45) is 5.41 Å². The van der Waals surface area contributed by atoms with E-state index in [1.54, 1.807) is 11.3 Å². The van der Waals surface area contributed by atoms with E-state index in [-0.39, 0.29) is 17.2 Å². The summed E-state index contributed by atoms with van der Waals surface area (Å²) in [7, 11) is 0. The number of fused-ring (bicyclic) bond motifs is 1. The third kappa shape index (κ3) is 3.91. The Labute approximate surface area is 155 Å². The van der Waals surface area contributed by atoms with Gasteiger partial charge in [-0.25, -0.2) is 0 Å². The highest BCUT2D eigenvalue weighted by atomic mass is 32.1. The molecule has 1 saturated heterocycles. The molecule has 2 aliphatic heterocycles. The lowest BCUT2D eigenvalue weighted by molar-refractivity contribution is -0.139. The van der Waals surface area contributed by atoms with Gasteiger partial charge in [0.1, 0.15) is 0 Å². The number of amides is 2. The molecule has 0 aromatic carbocycles. The van der Waals surface area contributed by atoms with E-state index < -0.39 is 0 Å². The quantitative estimate of drug-likeness (QED) is 0.798. The summed E-state index contributed by atoms with van der Waals surface area (Å²) in [6.07, 6.45) is 4.88. The third-order valence-corrected chi connectivity index (χ3v) is 7.12. The second-order valence-corrected chi connectivity index (χ2v) is 9.02. The Kier molecular flexibility index (Phi) is 5.52. The van der Waals surface area contributed by atoms with Gasteiger partial charge in [0, 0.05) is 43.4 Å². The van der Waals surface area contributed by atoms with Gasteiger partial charge in [0.2, 0.25) is 11.8 Å². The first kappa shape index (κ1) is 18.4. The van der Waals surface area contributed by atoms with Gasteiger partial charge in [-0.2, -0.15) is 0 Å². The molecule has 0 saturated carbocycles. The van der Waals surface area contributed by atoms with Crippen molar-refractivity contribution in [2.45, 2.75) is 71.9 Å². The van der Waals surface area contributed by atoms with Crippen LogP contribution in [0.2, 0.25) is 0 Å². The van der Waals surface area contributed by atoms with Crippen molar-refractivity contribution >= 4 is 23.2 Å². The molecule has 1 fully saturated rings. The maximum atomic E-state index is 12.7. The number of hydrogen-bond donors (Lipinski definition) is 0.